The van der Waals surface area contributed by atoms with Crippen LogP contribution in [0.25, 0.3) is 5.57 Å². The quantitative estimate of drug-likeness (QED) is 0.813. The summed E-state index contributed by atoms with van der Waals surface area (Å²) in [5.41, 5.74) is 1.39. The zero-order valence-corrected chi connectivity index (χ0v) is 15.6. The number of hydrogen-bond donors (Lipinski definition) is 0. The Bertz CT molecular complexity index is 985. The molecule has 1 unspecified atom stereocenters. The van der Waals surface area contributed by atoms with Crippen LogP contribution in [-0.4, -0.2) is 32.2 Å². The van der Waals surface area contributed by atoms with Crippen molar-refractivity contribution < 1.29 is 8.42 Å². The lowest BCUT2D eigenvalue weighted by Crippen LogP contribution is -2.35. The van der Waals surface area contributed by atoms with E-state index >= 15 is 0 Å². The van der Waals surface area contributed by atoms with Gasteiger partial charge in [-0.25, -0.2) is 8.42 Å². The van der Waals surface area contributed by atoms with Crippen LogP contribution >= 0.6 is 11.3 Å². The fraction of sp³-hybridized carbons (Fsp3) is 0.158. The average Bonchev–Trinajstić information content (AvgIpc) is 3.19. The van der Waals surface area contributed by atoms with Gasteiger partial charge in [0.2, 0.25) is 10.0 Å². The van der Waals surface area contributed by atoms with Gasteiger partial charge in [0, 0.05) is 23.2 Å². The van der Waals surface area contributed by atoms with E-state index in [1.807, 2.05) is 23.6 Å². The Hall–Kier alpha value is -2.53. The van der Waals surface area contributed by atoms with E-state index in [2.05, 4.69) is 17.6 Å². The van der Waals surface area contributed by atoms with E-state index in [9.17, 15) is 13.7 Å². The zero-order valence-electron chi connectivity index (χ0n) is 13.9. The maximum atomic E-state index is 12.9. The van der Waals surface area contributed by atoms with Gasteiger partial charge in [-0.2, -0.15) is 9.57 Å². The van der Waals surface area contributed by atoms with Crippen LogP contribution in [0.5, 0.6) is 0 Å². The van der Waals surface area contributed by atoms with E-state index in [-0.39, 0.29) is 18.1 Å². The number of nitriles is 1. The third-order valence-electron chi connectivity index (χ3n) is 3.99. The van der Waals surface area contributed by atoms with Crippen LogP contribution in [0.3, 0.4) is 0 Å². The minimum atomic E-state index is -3.75. The molecule has 1 aromatic carbocycles. The van der Waals surface area contributed by atoms with Crippen LogP contribution in [0.4, 0.5) is 0 Å². The Labute approximate surface area is 157 Å². The topological polar surface area (TPSA) is 73.5 Å². The largest absolute Gasteiger partial charge is 0.276 e. The molecule has 1 aliphatic heterocycles. The smallest absolute Gasteiger partial charge is 0.244 e. The Morgan fingerprint density at radius 1 is 1.23 bits per heavy atom. The fourth-order valence-corrected chi connectivity index (χ4v) is 4.64. The SMILES string of the molecule is C=C1/C=C(/c2cccs2)C=NCN(S(=O)(=O)c2ccccc2)CC1C#N. The molecule has 0 N–H and O–H groups in total. The number of benzene rings is 1. The van der Waals surface area contributed by atoms with Gasteiger partial charge in [0.1, 0.15) is 6.67 Å². The molecule has 0 spiro atoms. The lowest BCUT2D eigenvalue weighted by molar-refractivity contribution is 0.403. The first-order chi connectivity index (χ1) is 12.5. The molecule has 0 aliphatic carbocycles. The van der Waals surface area contributed by atoms with Crippen LogP contribution in [0, 0.1) is 17.2 Å². The molecular weight excluding hydrogens is 366 g/mol. The molecule has 7 heteroatoms. The highest BCUT2D eigenvalue weighted by molar-refractivity contribution is 7.89. The van der Waals surface area contributed by atoms with Crippen molar-refractivity contribution in [2.24, 2.45) is 10.9 Å². The molecule has 2 heterocycles. The average molecular weight is 383 g/mol. The first kappa shape index (κ1) is 18.3. The van der Waals surface area contributed by atoms with Gasteiger partial charge in [0.05, 0.1) is 16.9 Å². The highest BCUT2D eigenvalue weighted by atomic mass is 32.2. The summed E-state index contributed by atoms with van der Waals surface area (Å²) in [5, 5.41) is 11.5. The summed E-state index contributed by atoms with van der Waals surface area (Å²) in [6.07, 6.45) is 3.45. The summed E-state index contributed by atoms with van der Waals surface area (Å²) in [4.78, 5) is 5.49. The van der Waals surface area contributed by atoms with E-state index < -0.39 is 15.9 Å². The van der Waals surface area contributed by atoms with Crippen molar-refractivity contribution in [3.05, 3.63) is 70.9 Å². The molecule has 0 saturated carbocycles. The summed E-state index contributed by atoms with van der Waals surface area (Å²) in [5.74, 6) is -0.648. The maximum Gasteiger partial charge on any atom is 0.244 e. The fourth-order valence-electron chi connectivity index (χ4n) is 2.56. The second kappa shape index (κ2) is 7.79. The highest BCUT2D eigenvalue weighted by Crippen LogP contribution is 2.25. The van der Waals surface area contributed by atoms with Crippen molar-refractivity contribution in [2.75, 3.05) is 13.2 Å². The first-order valence-corrected chi connectivity index (χ1v) is 10.2. The van der Waals surface area contributed by atoms with Crippen molar-refractivity contribution in [1.82, 2.24) is 4.31 Å². The Kier molecular flexibility index (Phi) is 5.47. The van der Waals surface area contributed by atoms with E-state index in [1.165, 1.54) is 16.4 Å². The predicted molar refractivity (Wildman–Crippen MR) is 104 cm³/mol. The molecule has 26 heavy (non-hydrogen) atoms. The minimum Gasteiger partial charge on any atom is -0.276 e. The molecule has 0 fully saturated rings. The molecule has 2 aromatic rings. The number of hydrogen-bond acceptors (Lipinski definition) is 5. The van der Waals surface area contributed by atoms with Gasteiger partial charge in [-0.05, 0) is 35.2 Å². The van der Waals surface area contributed by atoms with Crippen molar-refractivity contribution in [3.8, 4) is 6.07 Å². The Morgan fingerprint density at radius 3 is 2.65 bits per heavy atom. The molecular formula is C19H17N3O2S2. The molecule has 3 rings (SSSR count). The lowest BCUT2D eigenvalue weighted by atomic mass is 9.99. The zero-order chi connectivity index (χ0) is 18.6. The molecule has 1 aliphatic rings. The third-order valence-corrected chi connectivity index (χ3v) is 6.72. The number of thiophene rings is 1. The van der Waals surface area contributed by atoms with Crippen molar-refractivity contribution in [3.63, 3.8) is 0 Å². The van der Waals surface area contributed by atoms with Crippen LogP contribution < -0.4 is 0 Å². The number of aliphatic imine (C=N–C) groups is 1. The van der Waals surface area contributed by atoms with Crippen molar-refractivity contribution in [1.29, 1.82) is 5.26 Å². The molecule has 5 nitrogen and oxygen atoms in total. The minimum absolute atomic E-state index is 0.0120. The Balaban J connectivity index is 1.98. The summed E-state index contributed by atoms with van der Waals surface area (Å²) in [6, 6.07) is 14.2. The van der Waals surface area contributed by atoms with Crippen LogP contribution in [-0.2, 0) is 10.0 Å². The molecule has 132 valence electrons. The number of rotatable bonds is 3. The second-order valence-electron chi connectivity index (χ2n) is 5.74. The van der Waals surface area contributed by atoms with Crippen LogP contribution in [0.15, 0.2) is 76.0 Å². The molecule has 0 radical (unpaired) electrons. The van der Waals surface area contributed by atoms with Gasteiger partial charge in [-0.1, -0.05) is 30.8 Å². The van der Waals surface area contributed by atoms with Crippen molar-refractivity contribution >= 4 is 33.1 Å². The van der Waals surface area contributed by atoms with E-state index in [4.69, 9.17) is 0 Å². The van der Waals surface area contributed by atoms with E-state index in [0.717, 1.165) is 10.5 Å². The van der Waals surface area contributed by atoms with Crippen LogP contribution in [0.2, 0.25) is 0 Å². The second-order valence-corrected chi connectivity index (χ2v) is 8.62. The standard InChI is InChI=1S/C19H17N3O2S2/c1-15-10-16(19-8-5-9-25-19)12-21-14-22(13-17(15)11-20)26(23,24)18-6-3-2-4-7-18/h2-10,12,17H,1,13-14H2/b16-10+,21-12?. The first-order valence-electron chi connectivity index (χ1n) is 7.91. The monoisotopic (exact) mass is 383 g/mol. The molecule has 0 bridgehead atoms. The summed E-state index contributed by atoms with van der Waals surface area (Å²) in [7, 11) is -3.75. The molecule has 1 atom stereocenters. The van der Waals surface area contributed by atoms with Crippen molar-refractivity contribution in [2.45, 2.75) is 4.90 Å². The molecule has 1 aromatic heterocycles. The van der Waals surface area contributed by atoms with Gasteiger partial charge in [0.25, 0.3) is 0 Å². The summed E-state index contributed by atoms with van der Waals surface area (Å²) >= 11 is 1.55. The maximum absolute atomic E-state index is 12.9. The number of nitrogens with zero attached hydrogens (tertiary/aromatic N) is 3. The third kappa shape index (κ3) is 3.83. The van der Waals surface area contributed by atoms with E-state index in [0.29, 0.717) is 5.57 Å². The van der Waals surface area contributed by atoms with Gasteiger partial charge in [0.15, 0.2) is 0 Å². The lowest BCUT2D eigenvalue weighted by Gasteiger charge is -2.22. The van der Waals surface area contributed by atoms with Crippen LogP contribution in [0.1, 0.15) is 4.88 Å². The molecule has 0 amide bonds. The normalized spacial score (nSPS) is 21.1. The number of allylic oxidation sites excluding steroid dienone is 2. The Morgan fingerprint density at radius 2 is 2.00 bits per heavy atom. The van der Waals surface area contributed by atoms with Gasteiger partial charge >= 0.3 is 0 Å². The highest BCUT2D eigenvalue weighted by Gasteiger charge is 2.28. The predicted octanol–water partition coefficient (Wildman–Crippen LogP) is 3.56. The van der Waals surface area contributed by atoms with Gasteiger partial charge in [-0.15, -0.1) is 11.3 Å². The van der Waals surface area contributed by atoms with Gasteiger partial charge in [-0.3, -0.25) is 4.99 Å². The molecule has 0 saturated heterocycles. The summed E-state index contributed by atoms with van der Waals surface area (Å²) in [6.45, 7) is 3.94. The van der Waals surface area contributed by atoms with E-state index in [1.54, 1.807) is 35.8 Å². The summed E-state index contributed by atoms with van der Waals surface area (Å²) < 4.78 is 27.1. The number of sulfonamides is 1. The van der Waals surface area contributed by atoms with Gasteiger partial charge < -0.3 is 0 Å².